The van der Waals surface area contributed by atoms with Crippen molar-refractivity contribution in [2.75, 3.05) is 31.9 Å². The van der Waals surface area contributed by atoms with Gasteiger partial charge in [0.2, 0.25) is 5.95 Å². The number of benzene rings is 3. The summed E-state index contributed by atoms with van der Waals surface area (Å²) in [6.45, 7) is 21.5. The molecule has 11 heteroatoms. The van der Waals surface area contributed by atoms with E-state index in [4.69, 9.17) is 23.9 Å². The molecule has 0 unspecified atom stereocenters. The summed E-state index contributed by atoms with van der Waals surface area (Å²) in [5.74, 6) is -0.735. The van der Waals surface area contributed by atoms with Gasteiger partial charge >= 0.3 is 5.97 Å². The summed E-state index contributed by atoms with van der Waals surface area (Å²) < 4.78 is 46.8. The first-order chi connectivity index (χ1) is 24.2. The van der Waals surface area contributed by atoms with Crippen LogP contribution in [0.15, 0.2) is 83.8 Å². The zero-order chi connectivity index (χ0) is 38.6. The van der Waals surface area contributed by atoms with Gasteiger partial charge in [0.05, 0.1) is 35.6 Å². The summed E-state index contributed by atoms with van der Waals surface area (Å²) in [7, 11) is -3.81. The molecule has 0 aliphatic carbocycles. The minimum absolute atomic E-state index is 0.00711. The van der Waals surface area contributed by atoms with Crippen LogP contribution in [-0.2, 0) is 29.3 Å². The van der Waals surface area contributed by atoms with Crippen molar-refractivity contribution < 1.29 is 27.1 Å². The van der Waals surface area contributed by atoms with E-state index in [1.165, 1.54) is 44.0 Å². The number of anilines is 1. The number of aryl methyl sites for hydroxylation is 2. The molecule has 52 heavy (non-hydrogen) atoms. The molecule has 0 fully saturated rings. The maximum absolute atomic E-state index is 14.4. The van der Waals surface area contributed by atoms with Crippen molar-refractivity contribution in [1.82, 2.24) is 9.97 Å². The van der Waals surface area contributed by atoms with Gasteiger partial charge in [-0.15, -0.1) is 0 Å². The predicted molar refractivity (Wildman–Crippen MR) is 212 cm³/mol. The average molecular weight is 744 g/mol. The van der Waals surface area contributed by atoms with Crippen LogP contribution in [0.25, 0.3) is 16.8 Å². The summed E-state index contributed by atoms with van der Waals surface area (Å²) in [6, 6.07) is 21.9. The minimum atomic E-state index is -4.34. The third-order valence-corrected chi connectivity index (χ3v) is 15.8. The molecule has 4 aromatic rings. The van der Waals surface area contributed by atoms with Crippen molar-refractivity contribution >= 4 is 35.8 Å². The van der Waals surface area contributed by atoms with Crippen molar-refractivity contribution in [2.45, 2.75) is 83.8 Å². The highest BCUT2D eigenvalue weighted by Gasteiger charge is 2.37. The molecule has 1 heterocycles. The third-order valence-electron chi connectivity index (χ3n) is 9.64. The molecular formula is C41H53N3O6SSi. The van der Waals surface area contributed by atoms with Gasteiger partial charge in [-0.25, -0.2) is 27.5 Å². The van der Waals surface area contributed by atoms with Crippen LogP contribution in [0.5, 0.6) is 0 Å². The smallest absolute Gasteiger partial charge is 0.337 e. The van der Waals surface area contributed by atoms with E-state index in [1.54, 1.807) is 0 Å². The maximum Gasteiger partial charge on any atom is 0.337 e. The van der Waals surface area contributed by atoms with E-state index >= 15 is 0 Å². The highest BCUT2D eigenvalue weighted by molar-refractivity contribution is 7.92. The molecule has 9 nitrogen and oxygen atoms in total. The molecule has 3 aromatic carbocycles. The van der Waals surface area contributed by atoms with Crippen LogP contribution >= 0.6 is 0 Å². The van der Waals surface area contributed by atoms with Gasteiger partial charge in [-0.1, -0.05) is 96.1 Å². The van der Waals surface area contributed by atoms with Gasteiger partial charge in [0.25, 0.3) is 10.0 Å². The maximum atomic E-state index is 14.4. The minimum Gasteiger partial charge on any atom is -0.465 e. The van der Waals surface area contributed by atoms with E-state index in [9.17, 15) is 13.2 Å². The fraction of sp³-hybridized carbons (Fsp3) is 0.390. The largest absolute Gasteiger partial charge is 0.465 e. The number of methoxy groups -OCH3 is 2. The van der Waals surface area contributed by atoms with Gasteiger partial charge in [0.15, 0.2) is 8.32 Å². The summed E-state index contributed by atoms with van der Waals surface area (Å²) in [4.78, 5) is 22.1. The first-order valence-electron chi connectivity index (χ1n) is 17.3. The van der Waals surface area contributed by atoms with Crippen LogP contribution in [0, 0.1) is 13.8 Å². The van der Waals surface area contributed by atoms with Crippen molar-refractivity contribution in [3.63, 3.8) is 0 Å². The molecular weight excluding hydrogens is 691 g/mol. The Bertz CT molecular complexity index is 2030. The number of carbonyl (C=O) groups is 1. The number of esters is 1. The molecule has 0 saturated heterocycles. The summed E-state index contributed by atoms with van der Waals surface area (Å²) >= 11 is 0. The van der Waals surface area contributed by atoms with Crippen molar-refractivity contribution in [1.29, 1.82) is 0 Å². The molecule has 0 radical (unpaired) electrons. The number of hydrogen-bond acceptors (Lipinski definition) is 8. The monoisotopic (exact) mass is 743 g/mol. The highest BCUT2D eigenvalue weighted by atomic mass is 32.2. The summed E-state index contributed by atoms with van der Waals surface area (Å²) in [6.07, 6.45) is 2.03. The molecule has 0 spiro atoms. The molecule has 4 rings (SSSR count). The fourth-order valence-corrected chi connectivity index (χ4v) is 7.74. The zero-order valence-corrected chi connectivity index (χ0v) is 34.4. The number of sulfonamides is 1. The Kier molecular flexibility index (Phi) is 12.4. The molecule has 278 valence electrons. The molecule has 0 aliphatic rings. The Labute approximate surface area is 311 Å². The lowest BCUT2D eigenvalue weighted by atomic mass is 9.86. The number of carbonyl (C=O) groups excluding carboxylic acids is 1. The van der Waals surface area contributed by atoms with Gasteiger partial charge in [-0.2, -0.15) is 0 Å². The van der Waals surface area contributed by atoms with Gasteiger partial charge in [-0.05, 0) is 83.9 Å². The van der Waals surface area contributed by atoms with E-state index < -0.39 is 24.3 Å². The van der Waals surface area contributed by atoms with Crippen LogP contribution in [-0.4, -0.2) is 60.2 Å². The van der Waals surface area contributed by atoms with Crippen molar-refractivity contribution in [3.05, 3.63) is 112 Å². The van der Waals surface area contributed by atoms with Crippen molar-refractivity contribution in [2.24, 2.45) is 0 Å². The summed E-state index contributed by atoms with van der Waals surface area (Å²) in [5, 5.41) is 0.00711. The van der Waals surface area contributed by atoms with Crippen molar-refractivity contribution in [3.8, 4) is 11.3 Å². The topological polar surface area (TPSA) is 108 Å². The van der Waals surface area contributed by atoms with E-state index in [2.05, 4.69) is 78.9 Å². The molecule has 0 amide bonds. The number of nitrogens with zero attached hydrogens (tertiary/aromatic N) is 3. The lowest BCUT2D eigenvalue weighted by Gasteiger charge is -2.35. The van der Waals surface area contributed by atoms with Crippen LogP contribution < -0.4 is 4.31 Å². The molecule has 0 aliphatic heterocycles. The van der Waals surface area contributed by atoms with Gasteiger partial charge < -0.3 is 13.9 Å². The normalized spacial score (nSPS) is 12.9. The molecule has 1 aromatic heterocycles. The second-order valence-corrected chi connectivity index (χ2v) is 22.2. The number of ether oxygens (including phenoxy) is 2. The van der Waals surface area contributed by atoms with Crippen LogP contribution in [0.3, 0.4) is 0 Å². The van der Waals surface area contributed by atoms with Crippen LogP contribution in [0.1, 0.15) is 79.8 Å². The van der Waals surface area contributed by atoms with Gasteiger partial charge in [0.1, 0.15) is 6.73 Å². The standard InChI is InChI=1S/C41H53N3O6SSi/c1-28-15-13-16-29(2)37(28)36-26-35(34(23-24-50-52(11,12)41(6,7)8)30-19-21-32(22-20-30)40(3,4)5)42-39(43-36)44(27-48-9)51(46,47)33-18-14-17-31(25-33)38(45)49-10/h13-23,25-26H,24,27H2,1-12H3/b34-23-. The second kappa shape index (κ2) is 15.8. The number of aromatic nitrogens is 2. The molecule has 0 N–H and O–H groups in total. The van der Waals surface area contributed by atoms with E-state index in [-0.39, 0.29) is 33.6 Å². The van der Waals surface area contributed by atoms with E-state index in [0.29, 0.717) is 18.0 Å². The number of hydrogen-bond donors (Lipinski definition) is 0. The third kappa shape index (κ3) is 9.06. The zero-order valence-electron chi connectivity index (χ0n) is 32.6. The Morgan fingerprint density at radius 1 is 0.846 bits per heavy atom. The molecule has 0 bridgehead atoms. The second-order valence-electron chi connectivity index (χ2n) is 15.5. The van der Waals surface area contributed by atoms with Gasteiger partial charge in [0, 0.05) is 18.2 Å². The Morgan fingerprint density at radius 2 is 1.46 bits per heavy atom. The first kappa shape index (κ1) is 40.6. The van der Waals surface area contributed by atoms with E-state index in [1.807, 2.05) is 44.2 Å². The lowest BCUT2D eigenvalue weighted by Crippen LogP contribution is -2.40. The highest BCUT2D eigenvalue weighted by Crippen LogP contribution is 2.37. The Morgan fingerprint density at radius 3 is 2.02 bits per heavy atom. The van der Waals surface area contributed by atoms with Crippen LogP contribution in [0.2, 0.25) is 18.1 Å². The Balaban J connectivity index is 2.02. The first-order valence-corrected chi connectivity index (χ1v) is 21.7. The summed E-state index contributed by atoms with van der Waals surface area (Å²) in [5.41, 5.74) is 6.79. The number of rotatable bonds is 12. The molecule has 0 saturated carbocycles. The lowest BCUT2D eigenvalue weighted by molar-refractivity contribution is 0.0600. The fourth-order valence-electron chi connectivity index (χ4n) is 5.48. The SMILES string of the molecule is COCN(c1nc(/C(=C\CO[Si](C)(C)C(C)(C)C)c2ccc(C(C)(C)C)cc2)cc(-c2c(C)cccc2C)n1)S(=O)(=O)c1cccc(C(=O)OC)c1. The van der Waals surface area contributed by atoms with Crippen LogP contribution in [0.4, 0.5) is 5.95 Å². The quantitative estimate of drug-likeness (QED) is 0.0804. The molecule has 0 atom stereocenters. The predicted octanol–water partition coefficient (Wildman–Crippen LogP) is 9.10. The van der Waals surface area contributed by atoms with Gasteiger partial charge in [-0.3, -0.25) is 0 Å². The Hall–Kier alpha value is -4.16. The van der Waals surface area contributed by atoms with E-state index in [0.717, 1.165) is 32.1 Å². The average Bonchev–Trinajstić information content (AvgIpc) is 3.07.